The number of nitrogens with one attached hydrogen (secondary N) is 2. The van der Waals surface area contributed by atoms with E-state index in [-0.39, 0.29) is 0 Å². The summed E-state index contributed by atoms with van der Waals surface area (Å²) in [6.45, 7) is 0. The van der Waals surface area contributed by atoms with E-state index in [9.17, 15) is 0 Å². The Bertz CT molecular complexity index is 1180. The lowest BCUT2D eigenvalue weighted by Crippen LogP contribution is -1.98. The van der Waals surface area contributed by atoms with Gasteiger partial charge in [0.05, 0.1) is 22.1 Å². The zero-order valence-electron chi connectivity index (χ0n) is 13.1. The standard InChI is InChI=1S/C19H13N5S/c1-2-5-16-14(4-1)18(23-19(22-16)17-6-3-9-25-17)21-13-7-8-15-12(10-13)11-20-24-15/h1-11H,(H,20,24)(H,21,22,23). The molecule has 3 heterocycles. The highest BCUT2D eigenvalue weighted by Gasteiger charge is 2.10. The summed E-state index contributed by atoms with van der Waals surface area (Å²) in [4.78, 5) is 10.5. The van der Waals surface area contributed by atoms with Gasteiger partial charge >= 0.3 is 0 Å². The Labute approximate surface area is 147 Å². The van der Waals surface area contributed by atoms with Crippen molar-refractivity contribution in [1.82, 2.24) is 20.2 Å². The lowest BCUT2D eigenvalue weighted by atomic mass is 10.2. The molecule has 0 saturated heterocycles. The first kappa shape index (κ1) is 14.1. The van der Waals surface area contributed by atoms with Crippen LogP contribution in [0.5, 0.6) is 0 Å². The number of para-hydroxylation sites is 1. The van der Waals surface area contributed by atoms with Crippen molar-refractivity contribution in [2.24, 2.45) is 0 Å². The Kier molecular flexibility index (Phi) is 3.21. The van der Waals surface area contributed by atoms with E-state index in [0.717, 1.165) is 44.0 Å². The zero-order chi connectivity index (χ0) is 16.6. The molecule has 0 unspecified atom stereocenters. The third kappa shape index (κ3) is 2.53. The van der Waals surface area contributed by atoms with Crippen LogP contribution in [-0.4, -0.2) is 20.2 Å². The number of aromatic amines is 1. The van der Waals surface area contributed by atoms with Crippen molar-refractivity contribution in [3.05, 3.63) is 66.2 Å². The van der Waals surface area contributed by atoms with Crippen LogP contribution >= 0.6 is 11.3 Å². The molecule has 0 fully saturated rings. The van der Waals surface area contributed by atoms with Gasteiger partial charge in [-0.3, -0.25) is 5.10 Å². The van der Waals surface area contributed by atoms with Gasteiger partial charge in [-0.25, -0.2) is 9.97 Å². The fourth-order valence-corrected chi connectivity index (χ4v) is 3.50. The molecule has 0 radical (unpaired) electrons. The lowest BCUT2D eigenvalue weighted by molar-refractivity contribution is 1.12. The van der Waals surface area contributed by atoms with Crippen molar-refractivity contribution in [3.63, 3.8) is 0 Å². The van der Waals surface area contributed by atoms with E-state index >= 15 is 0 Å². The third-order valence-corrected chi connectivity index (χ3v) is 4.91. The Morgan fingerprint density at radius 3 is 2.84 bits per heavy atom. The maximum Gasteiger partial charge on any atom is 0.172 e. The molecule has 2 aromatic carbocycles. The maximum atomic E-state index is 4.77. The van der Waals surface area contributed by atoms with Gasteiger partial charge in [-0.05, 0) is 41.8 Å². The van der Waals surface area contributed by atoms with E-state index < -0.39 is 0 Å². The molecule has 0 spiro atoms. The van der Waals surface area contributed by atoms with Gasteiger partial charge in [-0.1, -0.05) is 18.2 Å². The van der Waals surface area contributed by atoms with Crippen LogP contribution in [0.15, 0.2) is 66.2 Å². The summed E-state index contributed by atoms with van der Waals surface area (Å²) < 4.78 is 0. The van der Waals surface area contributed by atoms with Gasteiger partial charge in [0.15, 0.2) is 5.82 Å². The van der Waals surface area contributed by atoms with Crippen molar-refractivity contribution < 1.29 is 0 Å². The number of aromatic nitrogens is 4. The summed E-state index contributed by atoms with van der Waals surface area (Å²) in [5.41, 5.74) is 2.90. The fraction of sp³-hybridized carbons (Fsp3) is 0. The number of benzene rings is 2. The lowest BCUT2D eigenvalue weighted by Gasteiger charge is -2.10. The molecule has 6 heteroatoms. The van der Waals surface area contributed by atoms with E-state index in [1.165, 1.54) is 0 Å². The highest BCUT2D eigenvalue weighted by Crippen LogP contribution is 2.29. The molecule has 5 aromatic rings. The molecular formula is C19H13N5S. The van der Waals surface area contributed by atoms with Gasteiger partial charge in [0.1, 0.15) is 5.82 Å². The highest BCUT2D eigenvalue weighted by atomic mass is 32.1. The zero-order valence-corrected chi connectivity index (χ0v) is 13.9. The van der Waals surface area contributed by atoms with Gasteiger partial charge in [0.2, 0.25) is 0 Å². The molecule has 5 nitrogen and oxygen atoms in total. The first-order valence-electron chi connectivity index (χ1n) is 7.88. The first-order chi connectivity index (χ1) is 12.4. The topological polar surface area (TPSA) is 66.5 Å². The van der Waals surface area contributed by atoms with E-state index in [4.69, 9.17) is 9.97 Å². The molecular weight excluding hydrogens is 330 g/mol. The molecule has 0 atom stereocenters. The number of H-pyrrole nitrogens is 1. The maximum absolute atomic E-state index is 4.77. The van der Waals surface area contributed by atoms with Gasteiger partial charge < -0.3 is 5.32 Å². The minimum atomic E-state index is 0.737. The van der Waals surface area contributed by atoms with Crippen molar-refractivity contribution in [3.8, 4) is 10.7 Å². The van der Waals surface area contributed by atoms with Crippen LogP contribution in [0.3, 0.4) is 0 Å². The van der Waals surface area contributed by atoms with Crippen molar-refractivity contribution in [2.75, 3.05) is 5.32 Å². The van der Waals surface area contributed by atoms with Gasteiger partial charge in [-0.2, -0.15) is 5.10 Å². The second kappa shape index (κ2) is 5.68. The Balaban J connectivity index is 1.65. The number of fused-ring (bicyclic) bond motifs is 2. The number of hydrogen-bond donors (Lipinski definition) is 2. The molecule has 120 valence electrons. The fourth-order valence-electron chi connectivity index (χ4n) is 2.85. The van der Waals surface area contributed by atoms with Gasteiger partial charge in [0, 0.05) is 16.5 Å². The van der Waals surface area contributed by atoms with Crippen LogP contribution < -0.4 is 5.32 Å². The van der Waals surface area contributed by atoms with E-state index in [0.29, 0.717) is 0 Å². The predicted molar refractivity (Wildman–Crippen MR) is 102 cm³/mol. The monoisotopic (exact) mass is 343 g/mol. The number of nitrogens with zero attached hydrogens (tertiary/aromatic N) is 3. The summed E-state index contributed by atoms with van der Waals surface area (Å²) in [7, 11) is 0. The Morgan fingerprint density at radius 1 is 0.960 bits per heavy atom. The number of thiophene rings is 1. The summed E-state index contributed by atoms with van der Waals surface area (Å²) in [5, 5.41) is 14.6. The van der Waals surface area contributed by atoms with Crippen LogP contribution in [-0.2, 0) is 0 Å². The summed E-state index contributed by atoms with van der Waals surface area (Å²) in [6.07, 6.45) is 1.82. The summed E-state index contributed by atoms with van der Waals surface area (Å²) >= 11 is 1.64. The number of rotatable bonds is 3. The SMILES string of the molecule is c1csc(-c2nc(Nc3ccc4[nH]ncc4c3)c3ccccc3n2)c1. The molecule has 3 aromatic heterocycles. The Morgan fingerprint density at radius 2 is 1.92 bits per heavy atom. The second-order valence-electron chi connectivity index (χ2n) is 5.69. The largest absolute Gasteiger partial charge is 0.340 e. The highest BCUT2D eigenvalue weighted by molar-refractivity contribution is 7.13. The summed E-state index contributed by atoms with van der Waals surface area (Å²) in [6, 6.07) is 18.2. The molecule has 0 bridgehead atoms. The average Bonchev–Trinajstić information content (AvgIpc) is 3.33. The first-order valence-corrected chi connectivity index (χ1v) is 8.76. The minimum absolute atomic E-state index is 0.737. The molecule has 25 heavy (non-hydrogen) atoms. The number of anilines is 2. The quantitative estimate of drug-likeness (QED) is 0.485. The van der Waals surface area contributed by atoms with Crippen LogP contribution in [0.2, 0.25) is 0 Å². The van der Waals surface area contributed by atoms with Crippen LogP contribution in [0.1, 0.15) is 0 Å². The molecule has 0 aliphatic heterocycles. The molecule has 2 N–H and O–H groups in total. The van der Waals surface area contributed by atoms with E-state index in [2.05, 4.69) is 21.6 Å². The molecule has 5 rings (SSSR count). The van der Waals surface area contributed by atoms with Gasteiger partial charge in [0.25, 0.3) is 0 Å². The van der Waals surface area contributed by atoms with E-state index in [1.807, 2.05) is 60.1 Å². The third-order valence-electron chi connectivity index (χ3n) is 4.05. The molecule has 0 aliphatic rings. The van der Waals surface area contributed by atoms with Crippen LogP contribution in [0.25, 0.3) is 32.5 Å². The molecule has 0 aliphatic carbocycles. The van der Waals surface area contributed by atoms with E-state index in [1.54, 1.807) is 11.3 Å². The average molecular weight is 343 g/mol. The normalized spacial score (nSPS) is 11.2. The minimum Gasteiger partial charge on any atom is -0.340 e. The smallest absolute Gasteiger partial charge is 0.172 e. The van der Waals surface area contributed by atoms with Crippen LogP contribution in [0.4, 0.5) is 11.5 Å². The van der Waals surface area contributed by atoms with Crippen molar-refractivity contribution in [2.45, 2.75) is 0 Å². The van der Waals surface area contributed by atoms with Gasteiger partial charge in [-0.15, -0.1) is 11.3 Å². The van der Waals surface area contributed by atoms with Crippen molar-refractivity contribution in [1.29, 1.82) is 0 Å². The number of hydrogen-bond acceptors (Lipinski definition) is 5. The second-order valence-corrected chi connectivity index (χ2v) is 6.63. The summed E-state index contributed by atoms with van der Waals surface area (Å²) in [5.74, 6) is 1.54. The Hall–Kier alpha value is -3.25. The van der Waals surface area contributed by atoms with Crippen molar-refractivity contribution >= 4 is 44.6 Å². The molecule has 0 saturated carbocycles. The molecule has 0 amide bonds. The van der Waals surface area contributed by atoms with Crippen LogP contribution in [0, 0.1) is 0 Å². The predicted octanol–water partition coefficient (Wildman–Crippen LogP) is 4.98.